The molecule has 0 saturated heterocycles. The number of carbonyl (C=O) groups is 2. The fraction of sp³-hybridized carbons (Fsp3) is 0.214. The lowest BCUT2D eigenvalue weighted by molar-refractivity contribution is 0.101. The second-order valence-corrected chi connectivity index (χ2v) is 17.6. The Hall–Kier alpha value is -2.87. The molecular weight excluding hydrogens is 440 g/mol. The van der Waals surface area contributed by atoms with E-state index in [0.717, 1.165) is 43.0 Å². The lowest BCUT2D eigenvalue weighted by Crippen LogP contribution is -2.59. The summed E-state index contributed by atoms with van der Waals surface area (Å²) in [6, 6.07) is 24.3. The number of hydrogen-bond donors (Lipinski definition) is 0. The largest absolute Gasteiger partial charge is 0.449 e. The lowest BCUT2D eigenvalue weighted by Gasteiger charge is -2.36. The van der Waals surface area contributed by atoms with Gasteiger partial charge in [0.1, 0.15) is 0 Å². The molecule has 0 bridgehead atoms. The van der Waals surface area contributed by atoms with Gasteiger partial charge in [-0.15, -0.1) is 0 Å². The van der Waals surface area contributed by atoms with Crippen LogP contribution in [0.1, 0.15) is 34.6 Å². The molecule has 0 fully saturated rings. The van der Waals surface area contributed by atoms with Crippen molar-refractivity contribution < 1.29 is 13.7 Å². The maximum atomic E-state index is 12.8. The van der Waals surface area contributed by atoms with Gasteiger partial charge in [0.25, 0.3) is 0 Å². The summed E-state index contributed by atoms with van der Waals surface area (Å²) in [5.41, 5.74) is 1.53. The summed E-state index contributed by atoms with van der Waals surface area (Å²) >= 11 is 0. The molecule has 0 spiro atoms. The van der Waals surface area contributed by atoms with Crippen LogP contribution >= 0.6 is 0 Å². The van der Waals surface area contributed by atoms with Crippen LogP contribution in [0.15, 0.2) is 72.8 Å². The van der Waals surface area contributed by atoms with Crippen LogP contribution < -0.4 is 10.4 Å². The van der Waals surface area contributed by atoms with E-state index >= 15 is 0 Å². The monoisotopic (exact) mass is 470 g/mol. The Labute approximate surface area is 197 Å². The fourth-order valence-corrected chi connectivity index (χ4v) is 13.8. The quantitative estimate of drug-likeness (QED) is 0.259. The minimum Gasteiger partial charge on any atom is -0.449 e. The van der Waals surface area contributed by atoms with E-state index in [1.807, 2.05) is 48.5 Å². The Morgan fingerprint density at radius 2 is 0.939 bits per heavy atom. The number of rotatable bonds is 6. The molecule has 0 radical (unpaired) electrons. The maximum Gasteiger partial charge on any atom is 0.206 e. The van der Waals surface area contributed by atoms with Crippen molar-refractivity contribution in [1.82, 2.24) is 0 Å². The second-order valence-electron chi connectivity index (χ2n) is 9.65. The van der Waals surface area contributed by atoms with Gasteiger partial charge in [-0.3, -0.25) is 9.59 Å². The zero-order valence-electron chi connectivity index (χ0n) is 20.2. The minimum atomic E-state index is -2.52. The van der Waals surface area contributed by atoms with Crippen molar-refractivity contribution in [2.24, 2.45) is 0 Å². The Morgan fingerprint density at radius 3 is 1.30 bits per heavy atom. The highest BCUT2D eigenvalue weighted by Gasteiger charge is 2.39. The van der Waals surface area contributed by atoms with Gasteiger partial charge >= 0.3 is 0 Å². The molecule has 5 heteroatoms. The number of hydrogen-bond acceptors (Lipinski definition) is 3. The minimum absolute atomic E-state index is 0.0561. The van der Waals surface area contributed by atoms with Crippen LogP contribution in [0.4, 0.5) is 0 Å². The molecule has 4 aromatic carbocycles. The highest BCUT2D eigenvalue weighted by molar-refractivity contribution is 6.97. The summed E-state index contributed by atoms with van der Waals surface area (Å²) in [4.78, 5) is 25.6. The highest BCUT2D eigenvalue weighted by Crippen LogP contribution is 2.26. The van der Waals surface area contributed by atoms with E-state index in [-0.39, 0.29) is 11.6 Å². The summed E-state index contributed by atoms with van der Waals surface area (Å²) in [6.45, 7) is 11.9. The maximum absolute atomic E-state index is 12.8. The van der Waals surface area contributed by atoms with Gasteiger partial charge in [0.15, 0.2) is 11.6 Å². The molecular formula is C28H30O3Si2. The van der Waals surface area contributed by atoms with Crippen molar-refractivity contribution in [2.75, 3.05) is 0 Å². The molecule has 3 nitrogen and oxygen atoms in total. The molecule has 0 aliphatic heterocycles. The highest BCUT2D eigenvalue weighted by atomic mass is 28.4. The molecule has 0 heterocycles. The van der Waals surface area contributed by atoms with Gasteiger partial charge < -0.3 is 4.12 Å². The zero-order chi connectivity index (χ0) is 24.0. The SMILES string of the molecule is CC(=O)c1c([Si](C)(C)O[Si](C)(C)c2ccc3ccccc3c2C(C)=O)ccc2ccccc12. The van der Waals surface area contributed by atoms with Crippen LogP contribution in [0.3, 0.4) is 0 Å². The molecule has 33 heavy (non-hydrogen) atoms. The first-order chi connectivity index (χ1) is 15.5. The normalized spacial score (nSPS) is 12.3. The standard InChI is InChI=1S/C28H30O3Si2/c1-19(29)27-23-13-9-7-11-21(23)15-17-25(27)32(3,4)31-33(5,6)26-18-16-22-12-8-10-14-24(22)28(26)20(2)30/h7-18H,1-6H3. The third kappa shape index (κ3) is 4.24. The molecule has 0 unspecified atom stereocenters. The number of benzene rings is 4. The first-order valence-electron chi connectivity index (χ1n) is 11.3. The van der Waals surface area contributed by atoms with Gasteiger partial charge in [0, 0.05) is 11.1 Å². The van der Waals surface area contributed by atoms with Crippen molar-refractivity contribution in [1.29, 1.82) is 0 Å². The average Bonchev–Trinajstić information content (AvgIpc) is 2.76. The number of ketones is 2. The Kier molecular flexibility index (Phi) is 5.99. The van der Waals surface area contributed by atoms with Crippen LogP contribution in [-0.2, 0) is 4.12 Å². The molecule has 0 amide bonds. The van der Waals surface area contributed by atoms with Crippen molar-refractivity contribution in [3.05, 3.63) is 83.9 Å². The van der Waals surface area contributed by atoms with Crippen molar-refractivity contribution in [3.63, 3.8) is 0 Å². The molecule has 0 saturated carbocycles. The average molecular weight is 471 g/mol. The van der Waals surface area contributed by atoms with E-state index in [1.165, 1.54) is 0 Å². The summed E-state index contributed by atoms with van der Waals surface area (Å²) in [7, 11) is -5.04. The molecule has 0 aliphatic carbocycles. The van der Waals surface area contributed by atoms with Gasteiger partial charge in [0.2, 0.25) is 16.6 Å². The molecule has 0 N–H and O–H groups in total. The van der Waals surface area contributed by atoms with Gasteiger partial charge in [-0.2, -0.15) is 0 Å². The Morgan fingerprint density at radius 1 is 0.576 bits per heavy atom. The summed E-state index contributed by atoms with van der Waals surface area (Å²) in [5.74, 6) is 0.112. The second kappa shape index (κ2) is 8.48. The van der Waals surface area contributed by atoms with Crippen molar-refractivity contribution >= 4 is 60.1 Å². The van der Waals surface area contributed by atoms with Crippen LogP contribution in [0.2, 0.25) is 26.2 Å². The molecule has 4 rings (SSSR count). The van der Waals surface area contributed by atoms with E-state index < -0.39 is 16.6 Å². The van der Waals surface area contributed by atoms with Gasteiger partial charge in [-0.05, 0) is 72.0 Å². The van der Waals surface area contributed by atoms with Crippen LogP contribution in [-0.4, -0.2) is 28.2 Å². The molecule has 0 aromatic heterocycles. The first kappa shape index (κ1) is 23.3. The van der Waals surface area contributed by atoms with Crippen LogP contribution in [0, 0.1) is 0 Å². The molecule has 168 valence electrons. The third-order valence-corrected chi connectivity index (χ3v) is 13.9. The van der Waals surface area contributed by atoms with Crippen LogP contribution in [0.5, 0.6) is 0 Å². The Bertz CT molecular complexity index is 1300. The van der Waals surface area contributed by atoms with Crippen LogP contribution in [0.25, 0.3) is 21.5 Å². The topological polar surface area (TPSA) is 43.4 Å². The number of Topliss-reactive ketones (excluding diaryl/α,β-unsaturated/α-hetero) is 2. The molecule has 0 atom stereocenters. The van der Waals surface area contributed by atoms with Crippen molar-refractivity contribution in [3.8, 4) is 0 Å². The third-order valence-electron chi connectivity index (χ3n) is 6.37. The molecule has 4 aromatic rings. The van der Waals surface area contributed by atoms with E-state index in [9.17, 15) is 9.59 Å². The van der Waals surface area contributed by atoms with Crippen molar-refractivity contribution in [2.45, 2.75) is 40.0 Å². The number of carbonyl (C=O) groups excluding carboxylic acids is 2. The molecule has 0 aliphatic rings. The van der Waals surface area contributed by atoms with Gasteiger partial charge in [-0.25, -0.2) is 0 Å². The van der Waals surface area contributed by atoms with E-state index in [1.54, 1.807) is 13.8 Å². The first-order valence-corrected chi connectivity index (χ1v) is 17.1. The fourth-order valence-electron chi connectivity index (χ4n) is 5.05. The summed E-state index contributed by atoms with van der Waals surface area (Å²) in [6.07, 6.45) is 0. The summed E-state index contributed by atoms with van der Waals surface area (Å²) in [5, 5.41) is 6.09. The van der Waals surface area contributed by atoms with Gasteiger partial charge in [-0.1, -0.05) is 72.8 Å². The van der Waals surface area contributed by atoms with E-state index in [2.05, 4.69) is 50.5 Å². The lowest BCUT2D eigenvalue weighted by atomic mass is 10.0. The number of fused-ring (bicyclic) bond motifs is 2. The predicted octanol–water partition coefficient (Wildman–Crippen LogP) is 5.94. The van der Waals surface area contributed by atoms with E-state index in [0.29, 0.717) is 0 Å². The smallest absolute Gasteiger partial charge is 0.206 e. The Balaban J connectivity index is 1.85. The van der Waals surface area contributed by atoms with Gasteiger partial charge in [0.05, 0.1) is 0 Å². The predicted molar refractivity (Wildman–Crippen MR) is 143 cm³/mol. The zero-order valence-corrected chi connectivity index (χ0v) is 22.2. The van der Waals surface area contributed by atoms with E-state index in [4.69, 9.17) is 4.12 Å². The summed E-state index contributed by atoms with van der Waals surface area (Å²) < 4.78 is 7.05.